The second kappa shape index (κ2) is 9.56. The summed E-state index contributed by atoms with van der Waals surface area (Å²) in [6.07, 6.45) is 3.48. The molecule has 0 aliphatic rings. The normalized spacial score (nSPS) is 10.7. The van der Waals surface area contributed by atoms with E-state index in [0.29, 0.717) is 28.2 Å². The van der Waals surface area contributed by atoms with Crippen molar-refractivity contribution in [2.45, 2.75) is 11.7 Å². The van der Waals surface area contributed by atoms with E-state index in [1.165, 1.54) is 11.8 Å². The largest absolute Gasteiger partial charge is 0.325 e. The number of aromatic nitrogens is 4. The third-order valence-corrected chi connectivity index (χ3v) is 5.50. The Morgan fingerprint density at radius 2 is 1.80 bits per heavy atom. The molecule has 0 bridgehead atoms. The first-order valence-electron chi connectivity index (χ1n) is 9.25. The molecule has 0 radical (unpaired) electrons. The van der Waals surface area contributed by atoms with Gasteiger partial charge < -0.3 is 5.32 Å². The molecule has 4 rings (SSSR count). The van der Waals surface area contributed by atoms with Crippen molar-refractivity contribution in [2.24, 2.45) is 0 Å². The Labute approximate surface area is 183 Å². The van der Waals surface area contributed by atoms with Crippen molar-refractivity contribution in [1.82, 2.24) is 19.7 Å². The van der Waals surface area contributed by atoms with Crippen molar-refractivity contribution in [3.8, 4) is 11.4 Å². The number of benzene rings is 2. The molecule has 150 valence electrons. The highest BCUT2D eigenvalue weighted by Gasteiger charge is 2.16. The summed E-state index contributed by atoms with van der Waals surface area (Å²) in [4.78, 5) is 16.6. The number of nitrogens with one attached hydrogen (secondary N) is 1. The van der Waals surface area contributed by atoms with Crippen LogP contribution in [0.3, 0.4) is 0 Å². The van der Waals surface area contributed by atoms with Gasteiger partial charge in [-0.3, -0.25) is 14.3 Å². The number of anilines is 1. The van der Waals surface area contributed by atoms with E-state index in [4.69, 9.17) is 11.6 Å². The fourth-order valence-corrected chi connectivity index (χ4v) is 3.74. The molecule has 2 aromatic heterocycles. The molecule has 30 heavy (non-hydrogen) atoms. The molecule has 0 saturated heterocycles. The zero-order valence-corrected chi connectivity index (χ0v) is 17.5. The molecule has 4 aromatic rings. The van der Waals surface area contributed by atoms with Gasteiger partial charge in [0.15, 0.2) is 11.0 Å². The van der Waals surface area contributed by atoms with Crippen LogP contribution < -0.4 is 5.32 Å². The molecule has 0 saturated carbocycles. The van der Waals surface area contributed by atoms with E-state index in [2.05, 4.69) is 32.6 Å². The van der Waals surface area contributed by atoms with Gasteiger partial charge in [-0.15, -0.1) is 10.2 Å². The number of nitrogens with zero attached hydrogens (tertiary/aromatic N) is 4. The molecule has 1 N–H and O–H groups in total. The molecule has 6 nitrogen and oxygen atoms in total. The summed E-state index contributed by atoms with van der Waals surface area (Å²) in [6.45, 7) is 0.596. The van der Waals surface area contributed by atoms with Crippen LogP contribution in [0.4, 0.5) is 5.69 Å². The predicted molar refractivity (Wildman–Crippen MR) is 120 cm³/mol. The highest BCUT2D eigenvalue weighted by atomic mass is 35.5. The van der Waals surface area contributed by atoms with Gasteiger partial charge in [-0.2, -0.15) is 0 Å². The van der Waals surface area contributed by atoms with Gasteiger partial charge in [0.2, 0.25) is 5.91 Å². The Balaban J connectivity index is 1.52. The Hall–Kier alpha value is -3.16. The number of hydrogen-bond acceptors (Lipinski definition) is 5. The minimum Gasteiger partial charge on any atom is -0.325 e. The summed E-state index contributed by atoms with van der Waals surface area (Å²) in [5.74, 6) is 0.801. The lowest BCUT2D eigenvalue weighted by molar-refractivity contribution is -0.113. The van der Waals surface area contributed by atoms with Crippen molar-refractivity contribution in [3.63, 3.8) is 0 Å². The zero-order chi connectivity index (χ0) is 20.8. The molecule has 1 amide bonds. The predicted octanol–water partition coefficient (Wildman–Crippen LogP) is 4.77. The average molecular weight is 436 g/mol. The number of amides is 1. The van der Waals surface area contributed by atoms with Gasteiger partial charge in [-0.1, -0.05) is 53.7 Å². The van der Waals surface area contributed by atoms with E-state index in [9.17, 15) is 4.79 Å². The fraction of sp³-hybridized carbons (Fsp3) is 0.0909. The Kier molecular flexibility index (Phi) is 6.41. The second-order valence-corrected chi connectivity index (χ2v) is 7.84. The van der Waals surface area contributed by atoms with Crippen LogP contribution in [0, 0.1) is 0 Å². The lowest BCUT2D eigenvalue weighted by Crippen LogP contribution is -2.14. The monoisotopic (exact) mass is 435 g/mol. The minimum atomic E-state index is -0.125. The fourth-order valence-electron chi connectivity index (χ4n) is 2.87. The maximum Gasteiger partial charge on any atom is 0.234 e. The van der Waals surface area contributed by atoms with Crippen molar-refractivity contribution in [2.75, 3.05) is 11.1 Å². The quantitative estimate of drug-likeness (QED) is 0.423. The van der Waals surface area contributed by atoms with Crippen molar-refractivity contribution in [1.29, 1.82) is 0 Å². The minimum absolute atomic E-state index is 0.125. The number of rotatable bonds is 7. The van der Waals surface area contributed by atoms with E-state index >= 15 is 0 Å². The molecular formula is C22H18ClN5OS. The first-order valence-corrected chi connectivity index (χ1v) is 10.6. The summed E-state index contributed by atoms with van der Waals surface area (Å²) in [5.41, 5.74) is 2.69. The van der Waals surface area contributed by atoms with Crippen molar-refractivity contribution < 1.29 is 4.79 Å². The van der Waals surface area contributed by atoms with Crippen LogP contribution >= 0.6 is 23.4 Å². The van der Waals surface area contributed by atoms with Gasteiger partial charge in [-0.25, -0.2) is 0 Å². The average Bonchev–Trinajstić information content (AvgIpc) is 3.17. The SMILES string of the molecule is O=C(CSc1nnc(-c2cccnc2)n1Cc1ccccc1)Nc1ccc(Cl)cc1. The molecule has 0 atom stereocenters. The molecule has 0 fully saturated rings. The van der Waals surface area contributed by atoms with Gasteiger partial charge in [-0.05, 0) is 42.0 Å². The summed E-state index contributed by atoms with van der Waals surface area (Å²) in [6, 6.07) is 20.9. The highest BCUT2D eigenvalue weighted by molar-refractivity contribution is 7.99. The van der Waals surface area contributed by atoms with Crippen LogP contribution in [-0.2, 0) is 11.3 Å². The molecule has 8 heteroatoms. The highest BCUT2D eigenvalue weighted by Crippen LogP contribution is 2.25. The number of carbonyl (C=O) groups excluding carboxylic acids is 1. The molecule has 2 aromatic carbocycles. The summed E-state index contributed by atoms with van der Waals surface area (Å²) in [5, 5.41) is 12.8. The van der Waals surface area contributed by atoms with Crippen LogP contribution in [0.1, 0.15) is 5.56 Å². The number of thioether (sulfide) groups is 1. The molecule has 0 spiro atoms. The van der Waals surface area contributed by atoms with Crippen LogP contribution in [-0.4, -0.2) is 31.4 Å². The molecule has 0 aliphatic carbocycles. The van der Waals surface area contributed by atoms with E-state index in [-0.39, 0.29) is 11.7 Å². The number of pyridine rings is 1. The third kappa shape index (κ3) is 5.06. The Morgan fingerprint density at radius 3 is 2.53 bits per heavy atom. The number of halogens is 1. The zero-order valence-electron chi connectivity index (χ0n) is 15.9. The number of carbonyl (C=O) groups is 1. The maximum atomic E-state index is 12.4. The van der Waals surface area contributed by atoms with Gasteiger partial charge in [0, 0.05) is 28.7 Å². The van der Waals surface area contributed by atoms with Crippen LogP contribution in [0.5, 0.6) is 0 Å². The van der Waals surface area contributed by atoms with Gasteiger partial charge >= 0.3 is 0 Å². The lowest BCUT2D eigenvalue weighted by atomic mass is 10.2. The van der Waals surface area contributed by atoms with Crippen LogP contribution in [0.15, 0.2) is 84.3 Å². The van der Waals surface area contributed by atoms with Crippen LogP contribution in [0.25, 0.3) is 11.4 Å². The Morgan fingerprint density at radius 1 is 1.00 bits per heavy atom. The van der Waals surface area contributed by atoms with E-state index in [1.807, 2.05) is 34.9 Å². The van der Waals surface area contributed by atoms with Gasteiger partial charge in [0.05, 0.1) is 12.3 Å². The molecular weight excluding hydrogens is 418 g/mol. The van der Waals surface area contributed by atoms with Gasteiger partial charge in [0.1, 0.15) is 0 Å². The van der Waals surface area contributed by atoms with Crippen molar-refractivity contribution >= 4 is 35.0 Å². The summed E-state index contributed by atoms with van der Waals surface area (Å²) >= 11 is 7.23. The second-order valence-electron chi connectivity index (χ2n) is 6.46. The molecule has 2 heterocycles. The molecule has 0 aliphatic heterocycles. The standard InChI is InChI=1S/C22H18ClN5OS/c23-18-8-10-19(11-9-18)25-20(29)15-30-22-27-26-21(17-7-4-12-24-13-17)28(22)14-16-5-2-1-3-6-16/h1-13H,14-15H2,(H,25,29). The van der Waals surface area contributed by atoms with E-state index < -0.39 is 0 Å². The Bertz CT molecular complexity index is 1120. The number of hydrogen-bond donors (Lipinski definition) is 1. The first kappa shape index (κ1) is 20.1. The molecule has 0 unspecified atom stereocenters. The van der Waals surface area contributed by atoms with Crippen LogP contribution in [0.2, 0.25) is 5.02 Å². The van der Waals surface area contributed by atoms with E-state index in [0.717, 1.165) is 11.1 Å². The first-order chi connectivity index (χ1) is 14.7. The smallest absolute Gasteiger partial charge is 0.234 e. The maximum absolute atomic E-state index is 12.4. The third-order valence-electron chi connectivity index (χ3n) is 4.28. The van der Waals surface area contributed by atoms with Crippen molar-refractivity contribution in [3.05, 3.63) is 89.7 Å². The topological polar surface area (TPSA) is 72.7 Å². The summed E-state index contributed by atoms with van der Waals surface area (Å²) < 4.78 is 2.01. The van der Waals surface area contributed by atoms with E-state index in [1.54, 1.807) is 36.7 Å². The lowest BCUT2D eigenvalue weighted by Gasteiger charge is -2.10. The summed E-state index contributed by atoms with van der Waals surface area (Å²) in [7, 11) is 0. The van der Waals surface area contributed by atoms with Gasteiger partial charge in [0.25, 0.3) is 0 Å².